The molecule has 25 heavy (non-hydrogen) atoms. The lowest BCUT2D eigenvalue weighted by Crippen LogP contribution is -2.09. The van der Waals surface area contributed by atoms with Crippen molar-refractivity contribution in [2.45, 2.75) is 39.0 Å². The van der Waals surface area contributed by atoms with Crippen molar-refractivity contribution in [3.05, 3.63) is 68.7 Å². The molecule has 0 spiro atoms. The quantitative estimate of drug-likeness (QED) is 0.593. The van der Waals surface area contributed by atoms with E-state index >= 15 is 0 Å². The van der Waals surface area contributed by atoms with Crippen LogP contribution in [-0.2, 0) is 17.4 Å². The molecule has 0 aromatic heterocycles. The molecule has 3 rings (SSSR count). The Kier molecular flexibility index (Phi) is 4.91. The van der Waals surface area contributed by atoms with Gasteiger partial charge in [0.15, 0.2) is 6.10 Å². The third kappa shape index (κ3) is 4.24. The van der Waals surface area contributed by atoms with Crippen LogP contribution in [0.1, 0.15) is 40.3 Å². The molecule has 0 N–H and O–H groups in total. The van der Waals surface area contributed by atoms with E-state index in [-0.39, 0.29) is 0 Å². The minimum absolute atomic E-state index is 0.473. The summed E-state index contributed by atoms with van der Waals surface area (Å²) in [6, 6.07) is 10.1. The monoisotopic (exact) mass is 411 g/mol. The Balaban J connectivity index is 1.76. The molecule has 132 valence electrons. The second-order valence-corrected chi connectivity index (χ2v) is 7.21. The maximum atomic E-state index is 13.0. The second-order valence-electron chi connectivity index (χ2n) is 6.36. The zero-order valence-electron chi connectivity index (χ0n) is 13.8. The van der Waals surface area contributed by atoms with E-state index in [4.69, 9.17) is 4.84 Å². The molecule has 0 amide bonds. The third-order valence-electron chi connectivity index (χ3n) is 4.12. The second kappa shape index (κ2) is 6.83. The van der Waals surface area contributed by atoms with Crippen LogP contribution in [0.4, 0.5) is 13.2 Å². The number of alkyl halides is 3. The van der Waals surface area contributed by atoms with E-state index < -0.39 is 17.8 Å². The van der Waals surface area contributed by atoms with Gasteiger partial charge in [0.1, 0.15) is 0 Å². The lowest BCUT2D eigenvalue weighted by atomic mass is 9.97. The molecule has 1 aliphatic rings. The molecule has 0 bridgehead atoms. The predicted molar refractivity (Wildman–Crippen MR) is 94.6 cm³/mol. The number of hydrogen-bond donors (Lipinski definition) is 0. The van der Waals surface area contributed by atoms with Crippen molar-refractivity contribution in [1.29, 1.82) is 0 Å². The minimum Gasteiger partial charge on any atom is -0.387 e. The Morgan fingerprint density at radius 1 is 1.12 bits per heavy atom. The average molecular weight is 412 g/mol. The van der Waals surface area contributed by atoms with Gasteiger partial charge in [-0.3, -0.25) is 0 Å². The van der Waals surface area contributed by atoms with Crippen LogP contribution in [0.3, 0.4) is 0 Å². The number of rotatable bonds is 3. The van der Waals surface area contributed by atoms with Crippen molar-refractivity contribution in [1.82, 2.24) is 0 Å². The maximum absolute atomic E-state index is 13.0. The van der Waals surface area contributed by atoms with Gasteiger partial charge in [-0.2, -0.15) is 13.2 Å². The Morgan fingerprint density at radius 2 is 1.88 bits per heavy atom. The van der Waals surface area contributed by atoms with Crippen LogP contribution in [0.25, 0.3) is 0 Å². The highest BCUT2D eigenvalue weighted by Crippen LogP contribution is 2.35. The van der Waals surface area contributed by atoms with Gasteiger partial charge in [0.05, 0.1) is 11.3 Å². The molecule has 2 aromatic rings. The average Bonchev–Trinajstić information content (AvgIpc) is 2.98. The molecule has 0 fully saturated rings. The molecule has 1 aliphatic heterocycles. The summed E-state index contributed by atoms with van der Waals surface area (Å²) in [5, 5.41) is 4.10. The third-order valence-corrected chi connectivity index (χ3v) is 4.90. The number of oxime groups is 1. The number of aryl methyl sites for hydroxylation is 2. The van der Waals surface area contributed by atoms with Crippen molar-refractivity contribution in [3.63, 3.8) is 0 Å². The van der Waals surface area contributed by atoms with E-state index in [9.17, 15) is 13.2 Å². The summed E-state index contributed by atoms with van der Waals surface area (Å²) in [5.41, 5.74) is 3.47. The summed E-state index contributed by atoms with van der Waals surface area (Å²) >= 11 is 3.52. The van der Waals surface area contributed by atoms with E-state index in [1.54, 1.807) is 13.0 Å². The van der Waals surface area contributed by atoms with Crippen LogP contribution in [0.5, 0.6) is 0 Å². The first-order valence-corrected chi connectivity index (χ1v) is 8.67. The largest absolute Gasteiger partial charge is 0.416 e. The molecule has 1 atom stereocenters. The van der Waals surface area contributed by atoms with Gasteiger partial charge in [-0.25, -0.2) is 0 Å². The normalized spacial score (nSPS) is 17.4. The number of hydrogen-bond acceptors (Lipinski definition) is 2. The van der Waals surface area contributed by atoms with Gasteiger partial charge in [0, 0.05) is 17.3 Å². The van der Waals surface area contributed by atoms with Crippen LogP contribution in [0, 0.1) is 13.8 Å². The number of nitrogens with zero attached hydrogens (tertiary/aromatic N) is 1. The first-order chi connectivity index (χ1) is 11.7. The lowest BCUT2D eigenvalue weighted by molar-refractivity contribution is -0.137. The van der Waals surface area contributed by atoms with Crippen molar-refractivity contribution >= 4 is 21.6 Å². The fourth-order valence-corrected chi connectivity index (χ4v) is 3.32. The Labute approximate surface area is 152 Å². The van der Waals surface area contributed by atoms with Gasteiger partial charge in [-0.15, -0.1) is 0 Å². The highest BCUT2D eigenvalue weighted by Gasteiger charge is 2.32. The van der Waals surface area contributed by atoms with E-state index in [2.05, 4.69) is 27.2 Å². The molecule has 0 unspecified atom stereocenters. The van der Waals surface area contributed by atoms with Crippen LogP contribution < -0.4 is 0 Å². The van der Waals surface area contributed by atoms with Crippen molar-refractivity contribution in [3.8, 4) is 0 Å². The van der Waals surface area contributed by atoms with Crippen molar-refractivity contribution in [2.75, 3.05) is 0 Å². The fraction of sp³-hybridized carbons (Fsp3) is 0.316. The molecule has 0 radical (unpaired) electrons. The Hall–Kier alpha value is -1.82. The van der Waals surface area contributed by atoms with Gasteiger partial charge in [0.2, 0.25) is 0 Å². The lowest BCUT2D eigenvalue weighted by Gasteiger charge is -2.14. The molecule has 1 heterocycles. The zero-order chi connectivity index (χ0) is 18.2. The topological polar surface area (TPSA) is 21.6 Å². The van der Waals surface area contributed by atoms with Gasteiger partial charge >= 0.3 is 6.18 Å². The van der Waals surface area contributed by atoms with Gasteiger partial charge < -0.3 is 4.84 Å². The maximum Gasteiger partial charge on any atom is 0.416 e. The summed E-state index contributed by atoms with van der Waals surface area (Å²) in [7, 11) is 0. The Morgan fingerprint density at radius 3 is 2.60 bits per heavy atom. The molecule has 2 aromatic carbocycles. The summed E-state index contributed by atoms with van der Waals surface area (Å²) in [6.07, 6.45) is -3.74. The van der Waals surface area contributed by atoms with Gasteiger partial charge in [-0.05, 0) is 43.2 Å². The molecule has 0 aliphatic carbocycles. The number of halogens is 4. The number of benzene rings is 2. The molecule has 2 nitrogen and oxygen atoms in total. The smallest absolute Gasteiger partial charge is 0.387 e. The molecule has 0 saturated heterocycles. The SMILES string of the molecule is Cc1cc([C@@H]2CC(Cc3cc(C)ccc3Br)=NO2)cc(C(F)(F)F)c1. The van der Waals surface area contributed by atoms with Crippen LogP contribution in [0.2, 0.25) is 0 Å². The highest BCUT2D eigenvalue weighted by molar-refractivity contribution is 9.10. The highest BCUT2D eigenvalue weighted by atomic mass is 79.9. The summed E-state index contributed by atoms with van der Waals surface area (Å²) in [5.74, 6) is 0. The fourth-order valence-electron chi connectivity index (χ4n) is 2.93. The molecule has 6 heteroatoms. The zero-order valence-corrected chi connectivity index (χ0v) is 15.4. The Bertz CT molecular complexity index is 830. The van der Waals surface area contributed by atoms with Gasteiger partial charge in [0.25, 0.3) is 0 Å². The van der Waals surface area contributed by atoms with Crippen molar-refractivity contribution in [2.24, 2.45) is 5.16 Å². The standard InChI is InChI=1S/C19H17BrF3NO/c1-11-3-4-17(20)13(5-11)9-16-10-18(25-24-16)14-6-12(2)7-15(8-14)19(21,22)23/h3-8,18H,9-10H2,1-2H3/t18-/m0/s1. The summed E-state index contributed by atoms with van der Waals surface area (Å²) in [4.78, 5) is 5.42. The molecular formula is C19H17BrF3NO. The van der Waals surface area contributed by atoms with Crippen LogP contribution >= 0.6 is 15.9 Å². The summed E-state index contributed by atoms with van der Waals surface area (Å²) < 4.78 is 40.0. The van der Waals surface area contributed by atoms with Crippen LogP contribution in [-0.4, -0.2) is 5.71 Å². The predicted octanol–water partition coefficient (Wildman–Crippen LogP) is 6.14. The molecular weight excluding hydrogens is 395 g/mol. The minimum atomic E-state index is -4.37. The van der Waals surface area contributed by atoms with Crippen molar-refractivity contribution < 1.29 is 18.0 Å². The first kappa shape index (κ1) is 18.0. The summed E-state index contributed by atoms with van der Waals surface area (Å²) in [6.45, 7) is 3.66. The van der Waals surface area contributed by atoms with E-state index in [0.717, 1.165) is 33.4 Å². The van der Waals surface area contributed by atoms with Gasteiger partial charge in [-0.1, -0.05) is 50.4 Å². The molecule has 0 saturated carbocycles. The van der Waals surface area contributed by atoms with E-state index in [0.29, 0.717) is 24.0 Å². The van der Waals surface area contributed by atoms with E-state index in [1.165, 1.54) is 0 Å². The first-order valence-electron chi connectivity index (χ1n) is 7.88. The van der Waals surface area contributed by atoms with Crippen LogP contribution in [0.15, 0.2) is 46.0 Å². The van der Waals surface area contributed by atoms with E-state index in [1.807, 2.05) is 19.1 Å².